The van der Waals surface area contributed by atoms with Gasteiger partial charge < -0.3 is 9.47 Å². The van der Waals surface area contributed by atoms with E-state index >= 15 is 0 Å². The molecule has 1 aliphatic heterocycles. The predicted molar refractivity (Wildman–Crippen MR) is 127 cm³/mol. The van der Waals surface area contributed by atoms with Crippen LogP contribution in [0.5, 0.6) is 11.5 Å². The summed E-state index contributed by atoms with van der Waals surface area (Å²) in [5.74, 6) is 0.211. The monoisotopic (exact) mass is 539 g/mol. The maximum absolute atomic E-state index is 12.5. The molecule has 1 heterocycles. The van der Waals surface area contributed by atoms with Crippen molar-refractivity contribution in [3.05, 3.63) is 62.1 Å². The minimum Gasteiger partial charge on any atom is -0.490 e. The van der Waals surface area contributed by atoms with Gasteiger partial charge >= 0.3 is 5.97 Å². The van der Waals surface area contributed by atoms with Gasteiger partial charge in [-0.2, -0.15) is 0 Å². The lowest BCUT2D eigenvalue weighted by molar-refractivity contribution is -0.121. The molecule has 2 aromatic rings. The zero-order chi connectivity index (χ0) is 21.0. The van der Waals surface area contributed by atoms with Gasteiger partial charge in [0.1, 0.15) is 4.32 Å². The second-order valence-electron chi connectivity index (χ2n) is 5.93. The highest BCUT2D eigenvalue weighted by atomic mass is 127. The number of halogens is 1. The van der Waals surface area contributed by atoms with Crippen LogP contribution in [-0.4, -0.2) is 34.2 Å². The summed E-state index contributed by atoms with van der Waals surface area (Å²) in [4.78, 5) is 27.1. The van der Waals surface area contributed by atoms with Gasteiger partial charge in [-0.15, -0.1) is 0 Å². The molecule has 0 aromatic heterocycles. The molecule has 0 bridgehead atoms. The van der Waals surface area contributed by atoms with Crippen molar-refractivity contribution in [2.75, 3.05) is 13.2 Å². The maximum Gasteiger partial charge on any atom is 0.344 e. The van der Waals surface area contributed by atoms with E-state index < -0.39 is 5.97 Å². The van der Waals surface area contributed by atoms with E-state index in [-0.39, 0.29) is 5.91 Å². The number of nitrogens with zero attached hydrogens (tertiary/aromatic N) is 1. The number of carbonyl (C=O) groups excluding carboxylic acids is 2. The van der Waals surface area contributed by atoms with Crippen molar-refractivity contribution in [2.45, 2.75) is 13.8 Å². The van der Waals surface area contributed by atoms with Crippen LogP contribution in [0, 0.1) is 3.57 Å². The largest absolute Gasteiger partial charge is 0.490 e. The molecule has 1 aliphatic rings. The van der Waals surface area contributed by atoms with Gasteiger partial charge in [0, 0.05) is 10.1 Å². The number of esters is 1. The molecule has 0 atom stereocenters. The Morgan fingerprint density at radius 1 is 1.21 bits per heavy atom. The number of hydrogen-bond donors (Lipinski definition) is 0. The Bertz CT molecular complexity index is 1010. The third kappa shape index (κ3) is 4.99. The number of carbonyl (C=O) groups is 2. The first-order chi connectivity index (χ1) is 13.9. The molecule has 3 rings (SSSR count). The highest BCUT2D eigenvalue weighted by Gasteiger charge is 2.30. The first kappa shape index (κ1) is 21.8. The zero-order valence-corrected chi connectivity index (χ0v) is 19.6. The summed E-state index contributed by atoms with van der Waals surface area (Å²) < 4.78 is 12.6. The SMILES string of the molecule is CCOc1cc(/C=C2\SC(=S)N(CC)C2=O)ccc1OC(=O)c1ccccc1I. The van der Waals surface area contributed by atoms with Gasteiger partial charge in [-0.3, -0.25) is 9.69 Å². The number of rotatable bonds is 6. The van der Waals surface area contributed by atoms with Gasteiger partial charge in [-0.05, 0) is 72.3 Å². The van der Waals surface area contributed by atoms with Gasteiger partial charge in [0.15, 0.2) is 11.5 Å². The molecule has 5 nitrogen and oxygen atoms in total. The van der Waals surface area contributed by atoms with Gasteiger partial charge in [0.2, 0.25) is 0 Å². The van der Waals surface area contributed by atoms with Crippen LogP contribution in [-0.2, 0) is 4.79 Å². The molecule has 0 aliphatic carbocycles. The topological polar surface area (TPSA) is 55.8 Å². The minimum atomic E-state index is -0.451. The highest BCUT2D eigenvalue weighted by molar-refractivity contribution is 14.1. The lowest BCUT2D eigenvalue weighted by atomic mass is 10.1. The summed E-state index contributed by atoms with van der Waals surface area (Å²) in [6, 6.07) is 12.4. The molecule has 8 heteroatoms. The van der Waals surface area contributed by atoms with E-state index in [2.05, 4.69) is 22.6 Å². The molecule has 29 heavy (non-hydrogen) atoms. The molecule has 1 fully saturated rings. The maximum atomic E-state index is 12.5. The Labute approximate surface area is 192 Å². The Morgan fingerprint density at radius 3 is 2.62 bits per heavy atom. The average molecular weight is 539 g/mol. The summed E-state index contributed by atoms with van der Waals surface area (Å²) in [5, 5.41) is 0. The molecule has 0 radical (unpaired) electrons. The molecule has 150 valence electrons. The summed E-state index contributed by atoms with van der Waals surface area (Å²) in [5.41, 5.74) is 1.25. The van der Waals surface area contributed by atoms with Gasteiger partial charge in [0.05, 0.1) is 17.1 Å². The second kappa shape index (κ2) is 9.73. The van der Waals surface area contributed by atoms with Crippen molar-refractivity contribution in [3.63, 3.8) is 0 Å². The molecular formula is C21H18INO4S2. The number of benzene rings is 2. The second-order valence-corrected chi connectivity index (χ2v) is 8.77. The number of hydrogen-bond acceptors (Lipinski definition) is 6. The summed E-state index contributed by atoms with van der Waals surface area (Å²) in [7, 11) is 0. The van der Waals surface area contributed by atoms with Crippen molar-refractivity contribution in [3.8, 4) is 11.5 Å². The standard InChI is InChI=1S/C21H18INO4S2/c1-3-23-19(24)18(29-21(23)28)12-13-9-10-16(17(11-13)26-4-2)27-20(25)14-7-5-6-8-15(14)22/h5-12H,3-4H2,1-2H3/b18-12-. The highest BCUT2D eigenvalue weighted by Crippen LogP contribution is 2.35. The average Bonchev–Trinajstić information content (AvgIpc) is 2.96. The number of amides is 1. The Morgan fingerprint density at radius 2 is 1.97 bits per heavy atom. The minimum absolute atomic E-state index is 0.102. The van der Waals surface area contributed by atoms with E-state index in [0.717, 1.165) is 9.13 Å². The third-order valence-electron chi connectivity index (χ3n) is 4.05. The number of thioether (sulfide) groups is 1. The van der Waals surface area contributed by atoms with Gasteiger partial charge in [0.25, 0.3) is 5.91 Å². The Balaban J connectivity index is 1.87. The van der Waals surface area contributed by atoms with E-state index in [0.29, 0.717) is 39.4 Å². The van der Waals surface area contributed by atoms with Crippen LogP contribution < -0.4 is 9.47 Å². The van der Waals surface area contributed by atoms with E-state index in [1.807, 2.05) is 26.0 Å². The van der Waals surface area contributed by atoms with Crippen LogP contribution in [0.15, 0.2) is 47.4 Å². The third-order valence-corrected chi connectivity index (χ3v) is 6.37. The van der Waals surface area contributed by atoms with Gasteiger partial charge in [-0.1, -0.05) is 42.2 Å². The molecule has 0 saturated carbocycles. The Hall–Kier alpha value is -1.91. The molecular weight excluding hydrogens is 521 g/mol. The fraction of sp³-hybridized carbons (Fsp3) is 0.190. The smallest absolute Gasteiger partial charge is 0.344 e. The quantitative estimate of drug-likeness (QED) is 0.167. The normalized spacial score (nSPS) is 15.1. The van der Waals surface area contributed by atoms with E-state index in [4.69, 9.17) is 21.7 Å². The van der Waals surface area contributed by atoms with Gasteiger partial charge in [-0.25, -0.2) is 4.79 Å². The van der Waals surface area contributed by atoms with Crippen molar-refractivity contribution in [1.82, 2.24) is 4.90 Å². The summed E-state index contributed by atoms with van der Waals surface area (Å²) in [6.07, 6.45) is 1.77. The zero-order valence-electron chi connectivity index (χ0n) is 15.8. The number of likely N-dealkylation sites (N-methyl/N-ethyl adjacent to an activating group) is 1. The summed E-state index contributed by atoms with van der Waals surface area (Å²) in [6.45, 7) is 4.69. The van der Waals surface area contributed by atoms with Crippen molar-refractivity contribution < 1.29 is 19.1 Å². The number of ether oxygens (including phenoxy) is 2. The fourth-order valence-electron chi connectivity index (χ4n) is 2.67. The van der Waals surface area contributed by atoms with Crippen LogP contribution in [0.2, 0.25) is 0 Å². The fourth-order valence-corrected chi connectivity index (χ4v) is 4.66. The van der Waals surface area contributed by atoms with Crippen molar-refractivity contribution in [1.29, 1.82) is 0 Å². The predicted octanol–water partition coefficient (Wildman–Crippen LogP) is 5.13. The Kier molecular flexibility index (Phi) is 7.31. The van der Waals surface area contributed by atoms with Crippen molar-refractivity contribution >= 4 is 68.8 Å². The lowest BCUT2D eigenvalue weighted by Crippen LogP contribution is -2.27. The van der Waals surface area contributed by atoms with Crippen LogP contribution in [0.3, 0.4) is 0 Å². The van der Waals surface area contributed by atoms with E-state index in [1.54, 1.807) is 41.3 Å². The molecule has 1 saturated heterocycles. The van der Waals surface area contributed by atoms with E-state index in [1.165, 1.54) is 11.8 Å². The first-order valence-electron chi connectivity index (χ1n) is 8.93. The molecule has 0 unspecified atom stereocenters. The summed E-state index contributed by atoms with van der Waals surface area (Å²) >= 11 is 8.62. The van der Waals surface area contributed by atoms with Crippen LogP contribution in [0.4, 0.5) is 0 Å². The van der Waals surface area contributed by atoms with Crippen molar-refractivity contribution in [2.24, 2.45) is 0 Å². The van der Waals surface area contributed by atoms with Crippen LogP contribution in [0.1, 0.15) is 29.8 Å². The van der Waals surface area contributed by atoms with Crippen LogP contribution in [0.25, 0.3) is 6.08 Å². The van der Waals surface area contributed by atoms with E-state index in [9.17, 15) is 9.59 Å². The first-order valence-corrected chi connectivity index (χ1v) is 11.2. The lowest BCUT2D eigenvalue weighted by Gasteiger charge is -2.12. The molecule has 2 aromatic carbocycles. The molecule has 0 N–H and O–H groups in total. The number of thiocarbonyl (C=S) groups is 1. The van der Waals surface area contributed by atoms with Crippen LogP contribution >= 0.6 is 46.6 Å². The molecule has 1 amide bonds. The molecule has 0 spiro atoms.